The van der Waals surface area contributed by atoms with E-state index in [-0.39, 0.29) is 29.8 Å². The molecule has 9 heteroatoms. The standard InChI is InChI=1S/C37H42ClN3O4S/c1-6-29(5)39-37(43)35(23-30-10-8-7-9-11-30)40(24-31-15-17-32(38)18-16-31)36(42)25-41(34-21-14-27(3)22-28(34)4)46(44,45)33-19-12-26(2)13-20-33/h7-22,29,35H,6,23-25H2,1-5H3,(H,39,43)/t29-,35+/m0/s1. The lowest BCUT2D eigenvalue weighted by molar-refractivity contribution is -0.140. The Labute approximate surface area is 278 Å². The van der Waals surface area contributed by atoms with Crippen molar-refractivity contribution in [2.45, 2.75) is 71.0 Å². The van der Waals surface area contributed by atoms with Crippen LogP contribution in [0.4, 0.5) is 5.69 Å². The first-order chi connectivity index (χ1) is 21.9. The van der Waals surface area contributed by atoms with E-state index < -0.39 is 28.5 Å². The summed E-state index contributed by atoms with van der Waals surface area (Å²) in [7, 11) is -4.17. The number of benzene rings is 4. The van der Waals surface area contributed by atoms with Crippen LogP contribution in [-0.4, -0.2) is 43.8 Å². The minimum Gasteiger partial charge on any atom is -0.352 e. The molecule has 242 valence electrons. The fraction of sp³-hybridized carbons (Fsp3) is 0.297. The number of carbonyl (C=O) groups excluding carboxylic acids is 2. The van der Waals surface area contributed by atoms with Gasteiger partial charge in [0.25, 0.3) is 10.0 Å². The number of hydrogen-bond acceptors (Lipinski definition) is 4. The lowest BCUT2D eigenvalue weighted by atomic mass is 10.0. The molecular weight excluding hydrogens is 618 g/mol. The van der Waals surface area contributed by atoms with Crippen LogP contribution in [0.2, 0.25) is 5.02 Å². The van der Waals surface area contributed by atoms with Crippen molar-refractivity contribution < 1.29 is 18.0 Å². The maximum Gasteiger partial charge on any atom is 0.264 e. The molecule has 7 nitrogen and oxygen atoms in total. The fourth-order valence-corrected chi connectivity index (χ4v) is 6.82. The van der Waals surface area contributed by atoms with E-state index in [1.807, 2.05) is 77.1 Å². The van der Waals surface area contributed by atoms with Gasteiger partial charge < -0.3 is 10.2 Å². The van der Waals surface area contributed by atoms with Gasteiger partial charge in [-0.25, -0.2) is 8.42 Å². The first kappa shape index (κ1) is 34.7. The second-order valence-corrected chi connectivity index (χ2v) is 14.1. The van der Waals surface area contributed by atoms with Gasteiger partial charge in [0.15, 0.2) is 0 Å². The van der Waals surface area contributed by atoms with Gasteiger partial charge in [-0.2, -0.15) is 0 Å². The monoisotopic (exact) mass is 659 g/mol. The molecule has 2 atom stereocenters. The lowest BCUT2D eigenvalue weighted by Crippen LogP contribution is -2.54. The highest BCUT2D eigenvalue weighted by Crippen LogP contribution is 2.29. The Morgan fingerprint density at radius 1 is 0.826 bits per heavy atom. The summed E-state index contributed by atoms with van der Waals surface area (Å²) in [5.41, 5.74) is 4.62. The normalized spacial score (nSPS) is 12.7. The Morgan fingerprint density at radius 2 is 1.46 bits per heavy atom. The zero-order valence-corrected chi connectivity index (χ0v) is 28.6. The number of aryl methyl sites for hydroxylation is 3. The smallest absolute Gasteiger partial charge is 0.264 e. The summed E-state index contributed by atoms with van der Waals surface area (Å²) in [6.45, 7) is 9.10. The number of hydrogen-bond donors (Lipinski definition) is 1. The Hall–Kier alpha value is -4.14. The number of amides is 2. The number of anilines is 1. The molecule has 0 aliphatic rings. The highest BCUT2D eigenvalue weighted by atomic mass is 35.5. The van der Waals surface area contributed by atoms with Crippen LogP contribution in [0.1, 0.15) is 48.1 Å². The number of sulfonamides is 1. The number of carbonyl (C=O) groups is 2. The second-order valence-electron chi connectivity index (χ2n) is 11.8. The van der Waals surface area contributed by atoms with Crippen LogP contribution in [-0.2, 0) is 32.6 Å². The zero-order valence-electron chi connectivity index (χ0n) is 27.0. The largest absolute Gasteiger partial charge is 0.352 e. The molecular formula is C37H42ClN3O4S. The van der Waals surface area contributed by atoms with Crippen LogP contribution < -0.4 is 9.62 Å². The SMILES string of the molecule is CC[C@H](C)NC(=O)[C@@H](Cc1ccccc1)N(Cc1ccc(Cl)cc1)C(=O)CN(c1ccc(C)cc1C)S(=O)(=O)c1ccc(C)cc1. The van der Waals surface area contributed by atoms with Gasteiger partial charge in [0.1, 0.15) is 12.6 Å². The van der Waals surface area contributed by atoms with E-state index in [9.17, 15) is 18.0 Å². The molecule has 0 aliphatic carbocycles. The zero-order chi connectivity index (χ0) is 33.4. The van der Waals surface area contributed by atoms with Gasteiger partial charge in [-0.3, -0.25) is 13.9 Å². The van der Waals surface area contributed by atoms with E-state index in [4.69, 9.17) is 11.6 Å². The van der Waals surface area contributed by atoms with Gasteiger partial charge in [0.2, 0.25) is 11.8 Å². The van der Waals surface area contributed by atoms with E-state index >= 15 is 0 Å². The first-order valence-electron chi connectivity index (χ1n) is 15.4. The summed E-state index contributed by atoms with van der Waals surface area (Å²) in [5.74, 6) is -0.814. The van der Waals surface area contributed by atoms with Crippen LogP contribution in [0.25, 0.3) is 0 Å². The summed E-state index contributed by atoms with van der Waals surface area (Å²) in [4.78, 5) is 30.1. The van der Waals surface area contributed by atoms with E-state index in [2.05, 4.69) is 5.32 Å². The van der Waals surface area contributed by atoms with Crippen LogP contribution in [0, 0.1) is 20.8 Å². The van der Waals surface area contributed by atoms with Gasteiger partial charge >= 0.3 is 0 Å². The molecule has 0 saturated heterocycles. The number of rotatable bonds is 13. The molecule has 46 heavy (non-hydrogen) atoms. The minimum atomic E-state index is -4.17. The third-order valence-electron chi connectivity index (χ3n) is 8.05. The Balaban J connectivity index is 1.83. The molecule has 2 amide bonds. The van der Waals surface area contributed by atoms with Crippen molar-refractivity contribution in [1.82, 2.24) is 10.2 Å². The van der Waals surface area contributed by atoms with Crippen molar-refractivity contribution in [3.8, 4) is 0 Å². The van der Waals surface area contributed by atoms with E-state index in [0.29, 0.717) is 22.7 Å². The average Bonchev–Trinajstić information content (AvgIpc) is 3.03. The molecule has 0 fully saturated rings. The molecule has 0 bridgehead atoms. The van der Waals surface area contributed by atoms with Crippen LogP contribution in [0.5, 0.6) is 0 Å². The summed E-state index contributed by atoms with van der Waals surface area (Å²) < 4.78 is 29.7. The second kappa shape index (κ2) is 15.4. The van der Waals surface area contributed by atoms with Crippen LogP contribution >= 0.6 is 11.6 Å². The summed E-state index contributed by atoms with van der Waals surface area (Å²) >= 11 is 6.17. The van der Waals surface area contributed by atoms with Gasteiger partial charge in [-0.1, -0.05) is 96.4 Å². The number of halogens is 1. The van der Waals surface area contributed by atoms with Crippen LogP contribution in [0.15, 0.2) is 102 Å². The van der Waals surface area contributed by atoms with Crippen molar-refractivity contribution >= 4 is 39.1 Å². The number of nitrogens with one attached hydrogen (secondary N) is 1. The quantitative estimate of drug-likeness (QED) is 0.167. The van der Waals surface area contributed by atoms with E-state index in [1.54, 1.807) is 54.6 Å². The molecule has 0 saturated carbocycles. The van der Waals surface area contributed by atoms with Crippen LogP contribution in [0.3, 0.4) is 0 Å². The summed E-state index contributed by atoms with van der Waals surface area (Å²) in [5, 5.41) is 3.60. The Kier molecular flexibility index (Phi) is 11.7. The third-order valence-corrected chi connectivity index (χ3v) is 10.1. The summed E-state index contributed by atoms with van der Waals surface area (Å²) in [6.07, 6.45) is 0.959. The van der Waals surface area contributed by atoms with Crippen molar-refractivity contribution in [3.05, 3.63) is 130 Å². The molecule has 0 spiro atoms. The molecule has 4 aromatic carbocycles. The van der Waals surface area contributed by atoms with Gasteiger partial charge in [0, 0.05) is 24.0 Å². The average molecular weight is 660 g/mol. The molecule has 0 aromatic heterocycles. The predicted octanol–water partition coefficient (Wildman–Crippen LogP) is 7.02. The lowest BCUT2D eigenvalue weighted by Gasteiger charge is -2.34. The molecule has 0 radical (unpaired) electrons. The van der Waals surface area contributed by atoms with Gasteiger partial charge in [0.05, 0.1) is 10.6 Å². The molecule has 0 unspecified atom stereocenters. The minimum absolute atomic E-state index is 0.0745. The maximum absolute atomic E-state index is 14.6. The van der Waals surface area contributed by atoms with Crippen molar-refractivity contribution in [2.75, 3.05) is 10.8 Å². The molecule has 1 N–H and O–H groups in total. The van der Waals surface area contributed by atoms with E-state index in [0.717, 1.165) is 26.6 Å². The summed E-state index contributed by atoms with van der Waals surface area (Å²) in [6, 6.07) is 27.6. The van der Waals surface area contributed by atoms with E-state index in [1.165, 1.54) is 4.90 Å². The first-order valence-corrected chi connectivity index (χ1v) is 17.3. The van der Waals surface area contributed by atoms with Crippen molar-refractivity contribution in [1.29, 1.82) is 0 Å². The van der Waals surface area contributed by atoms with Gasteiger partial charge in [-0.05, 0) is 81.1 Å². The predicted molar refractivity (Wildman–Crippen MR) is 185 cm³/mol. The molecule has 4 aromatic rings. The molecule has 4 rings (SSSR count). The highest BCUT2D eigenvalue weighted by Gasteiger charge is 2.35. The van der Waals surface area contributed by atoms with Crippen molar-refractivity contribution in [2.24, 2.45) is 0 Å². The number of nitrogens with zero attached hydrogens (tertiary/aromatic N) is 2. The molecule has 0 aliphatic heterocycles. The topological polar surface area (TPSA) is 86.8 Å². The fourth-order valence-electron chi connectivity index (χ4n) is 5.22. The maximum atomic E-state index is 14.6. The van der Waals surface area contributed by atoms with Crippen molar-refractivity contribution in [3.63, 3.8) is 0 Å². The highest BCUT2D eigenvalue weighted by molar-refractivity contribution is 7.92. The Bertz CT molecular complexity index is 1740. The Morgan fingerprint density at radius 3 is 2.07 bits per heavy atom. The molecule has 0 heterocycles. The third kappa shape index (κ3) is 8.77. The van der Waals surface area contributed by atoms with Gasteiger partial charge in [-0.15, -0.1) is 0 Å².